The number of aryl methyl sites for hydroxylation is 1. The van der Waals surface area contributed by atoms with Crippen LogP contribution in [-0.4, -0.2) is 0 Å². The van der Waals surface area contributed by atoms with Gasteiger partial charge in [0.15, 0.2) is 0 Å². The molecule has 2 aromatic rings. The molecule has 17 heavy (non-hydrogen) atoms. The van der Waals surface area contributed by atoms with E-state index in [0.717, 1.165) is 22.5 Å². The van der Waals surface area contributed by atoms with E-state index in [-0.39, 0.29) is 0 Å². The molecule has 0 fully saturated rings. The second-order valence-corrected chi connectivity index (χ2v) is 5.08. The second-order valence-electron chi connectivity index (χ2n) is 4.17. The highest BCUT2D eigenvalue weighted by molar-refractivity contribution is 9.10. The van der Waals surface area contributed by atoms with Crippen LogP contribution in [0.5, 0.6) is 0 Å². The Morgan fingerprint density at radius 3 is 2.47 bits per heavy atom. The largest absolute Gasteiger partial charge is 0.465 e. The van der Waals surface area contributed by atoms with E-state index in [1.165, 1.54) is 5.56 Å². The SMILES string of the molecule is Cc1ccc(CN[C@H](C)c2ccc(Br)cc2)o1. The minimum Gasteiger partial charge on any atom is -0.465 e. The van der Waals surface area contributed by atoms with E-state index < -0.39 is 0 Å². The van der Waals surface area contributed by atoms with Crippen LogP contribution in [-0.2, 0) is 6.54 Å². The molecular weight excluding hydrogens is 278 g/mol. The van der Waals surface area contributed by atoms with Crippen molar-refractivity contribution >= 4 is 15.9 Å². The molecule has 0 unspecified atom stereocenters. The molecule has 2 nitrogen and oxygen atoms in total. The van der Waals surface area contributed by atoms with Gasteiger partial charge in [-0.05, 0) is 43.7 Å². The fourth-order valence-corrected chi connectivity index (χ4v) is 1.97. The predicted octanol–water partition coefficient (Wildman–Crippen LogP) is 4.20. The first kappa shape index (κ1) is 12.4. The van der Waals surface area contributed by atoms with Crippen molar-refractivity contribution in [2.24, 2.45) is 0 Å². The smallest absolute Gasteiger partial charge is 0.117 e. The Bertz CT molecular complexity index is 475. The van der Waals surface area contributed by atoms with E-state index in [0.29, 0.717) is 6.04 Å². The van der Waals surface area contributed by atoms with Crippen LogP contribution in [0.4, 0.5) is 0 Å². The average molecular weight is 294 g/mol. The summed E-state index contributed by atoms with van der Waals surface area (Å²) in [5.74, 6) is 1.93. The van der Waals surface area contributed by atoms with Crippen molar-refractivity contribution in [1.29, 1.82) is 0 Å². The zero-order chi connectivity index (χ0) is 12.3. The summed E-state index contributed by atoms with van der Waals surface area (Å²) < 4.78 is 6.63. The minimum atomic E-state index is 0.313. The van der Waals surface area contributed by atoms with E-state index >= 15 is 0 Å². The van der Waals surface area contributed by atoms with Gasteiger partial charge in [0.1, 0.15) is 11.5 Å². The third kappa shape index (κ3) is 3.45. The summed E-state index contributed by atoms with van der Waals surface area (Å²) in [5.41, 5.74) is 1.27. The molecule has 0 spiro atoms. The number of furan rings is 1. The van der Waals surface area contributed by atoms with Gasteiger partial charge < -0.3 is 9.73 Å². The van der Waals surface area contributed by atoms with Gasteiger partial charge >= 0.3 is 0 Å². The summed E-state index contributed by atoms with van der Waals surface area (Å²) in [6.45, 7) is 4.87. The summed E-state index contributed by atoms with van der Waals surface area (Å²) >= 11 is 3.44. The zero-order valence-corrected chi connectivity index (χ0v) is 11.6. The quantitative estimate of drug-likeness (QED) is 0.914. The molecule has 1 aromatic carbocycles. The molecule has 1 atom stereocenters. The van der Waals surface area contributed by atoms with Crippen molar-refractivity contribution in [3.8, 4) is 0 Å². The minimum absolute atomic E-state index is 0.313. The maximum Gasteiger partial charge on any atom is 0.117 e. The maximum absolute atomic E-state index is 5.52. The van der Waals surface area contributed by atoms with Gasteiger partial charge in [0.25, 0.3) is 0 Å². The van der Waals surface area contributed by atoms with Crippen molar-refractivity contribution < 1.29 is 4.42 Å². The lowest BCUT2D eigenvalue weighted by molar-refractivity contribution is 0.444. The molecule has 1 heterocycles. The number of benzene rings is 1. The number of hydrogen-bond donors (Lipinski definition) is 1. The molecule has 0 aliphatic heterocycles. The molecule has 0 radical (unpaired) electrons. The normalized spacial score (nSPS) is 12.6. The molecule has 0 aliphatic carbocycles. The van der Waals surface area contributed by atoms with Gasteiger partial charge in [-0.3, -0.25) is 0 Å². The van der Waals surface area contributed by atoms with Gasteiger partial charge in [-0.15, -0.1) is 0 Å². The van der Waals surface area contributed by atoms with Crippen LogP contribution < -0.4 is 5.32 Å². The van der Waals surface area contributed by atoms with Gasteiger partial charge in [0.05, 0.1) is 6.54 Å². The lowest BCUT2D eigenvalue weighted by atomic mass is 10.1. The van der Waals surface area contributed by atoms with Crippen LogP contribution in [0.3, 0.4) is 0 Å². The Balaban J connectivity index is 1.93. The van der Waals surface area contributed by atoms with Crippen LogP contribution in [0.25, 0.3) is 0 Å². The van der Waals surface area contributed by atoms with Crippen molar-refractivity contribution in [1.82, 2.24) is 5.32 Å². The lowest BCUT2D eigenvalue weighted by Crippen LogP contribution is -2.17. The number of hydrogen-bond acceptors (Lipinski definition) is 2. The fraction of sp³-hybridized carbons (Fsp3) is 0.286. The fourth-order valence-electron chi connectivity index (χ4n) is 1.70. The summed E-state index contributed by atoms with van der Waals surface area (Å²) in [5, 5.41) is 3.44. The van der Waals surface area contributed by atoms with Gasteiger partial charge in [0.2, 0.25) is 0 Å². The van der Waals surface area contributed by atoms with Crippen LogP contribution >= 0.6 is 15.9 Å². The van der Waals surface area contributed by atoms with Crippen molar-refractivity contribution in [3.05, 3.63) is 58.0 Å². The summed E-state index contributed by atoms with van der Waals surface area (Å²) in [6, 6.07) is 12.7. The Morgan fingerprint density at radius 1 is 1.18 bits per heavy atom. The van der Waals surface area contributed by atoms with E-state index in [1.807, 2.05) is 19.1 Å². The molecule has 3 heteroatoms. The van der Waals surface area contributed by atoms with Crippen LogP contribution in [0, 0.1) is 6.92 Å². The first-order chi connectivity index (χ1) is 8.15. The summed E-state index contributed by atoms with van der Waals surface area (Å²) in [7, 11) is 0. The van der Waals surface area contributed by atoms with Crippen LogP contribution in [0.1, 0.15) is 30.0 Å². The highest BCUT2D eigenvalue weighted by atomic mass is 79.9. The molecule has 0 bridgehead atoms. The molecule has 90 valence electrons. The standard InChI is InChI=1S/C14H16BrNO/c1-10-3-8-14(17-10)9-16-11(2)12-4-6-13(15)7-5-12/h3-8,11,16H,9H2,1-2H3/t11-/m1/s1. The predicted molar refractivity (Wildman–Crippen MR) is 72.8 cm³/mol. The number of halogens is 1. The van der Waals surface area contributed by atoms with E-state index in [4.69, 9.17) is 4.42 Å². The summed E-state index contributed by atoms with van der Waals surface area (Å²) in [4.78, 5) is 0. The average Bonchev–Trinajstić information content (AvgIpc) is 2.73. The molecule has 0 saturated carbocycles. The monoisotopic (exact) mass is 293 g/mol. The summed E-state index contributed by atoms with van der Waals surface area (Å²) in [6.07, 6.45) is 0. The van der Waals surface area contributed by atoms with Crippen molar-refractivity contribution in [2.75, 3.05) is 0 Å². The molecule has 0 amide bonds. The molecular formula is C14H16BrNO. The molecule has 1 aromatic heterocycles. The topological polar surface area (TPSA) is 25.2 Å². The van der Waals surface area contributed by atoms with E-state index in [9.17, 15) is 0 Å². The number of rotatable bonds is 4. The molecule has 2 rings (SSSR count). The number of nitrogens with one attached hydrogen (secondary N) is 1. The van der Waals surface area contributed by atoms with Gasteiger partial charge in [-0.2, -0.15) is 0 Å². The Kier molecular flexibility index (Phi) is 4.02. The van der Waals surface area contributed by atoms with E-state index in [1.54, 1.807) is 0 Å². The van der Waals surface area contributed by atoms with Gasteiger partial charge in [0, 0.05) is 10.5 Å². The maximum atomic E-state index is 5.52. The lowest BCUT2D eigenvalue weighted by Gasteiger charge is -2.13. The molecule has 0 aliphatic rings. The van der Waals surface area contributed by atoms with Crippen LogP contribution in [0.15, 0.2) is 45.3 Å². The Morgan fingerprint density at radius 2 is 1.88 bits per heavy atom. The Labute approximate surface area is 110 Å². The van der Waals surface area contributed by atoms with Gasteiger partial charge in [-0.25, -0.2) is 0 Å². The third-order valence-electron chi connectivity index (χ3n) is 2.75. The third-order valence-corrected chi connectivity index (χ3v) is 3.28. The first-order valence-corrected chi connectivity index (χ1v) is 6.48. The second kappa shape index (κ2) is 5.52. The van der Waals surface area contributed by atoms with Crippen molar-refractivity contribution in [2.45, 2.75) is 26.4 Å². The van der Waals surface area contributed by atoms with Crippen molar-refractivity contribution in [3.63, 3.8) is 0 Å². The van der Waals surface area contributed by atoms with E-state index in [2.05, 4.69) is 52.4 Å². The molecule has 0 saturated heterocycles. The highest BCUT2D eigenvalue weighted by Crippen LogP contribution is 2.17. The Hall–Kier alpha value is -1.06. The first-order valence-electron chi connectivity index (χ1n) is 5.69. The molecule has 1 N–H and O–H groups in total. The van der Waals surface area contributed by atoms with Gasteiger partial charge in [-0.1, -0.05) is 28.1 Å². The van der Waals surface area contributed by atoms with Crippen LogP contribution in [0.2, 0.25) is 0 Å². The highest BCUT2D eigenvalue weighted by Gasteiger charge is 2.05. The zero-order valence-electron chi connectivity index (χ0n) is 10.0.